The van der Waals surface area contributed by atoms with Crippen molar-refractivity contribution >= 4 is 29.2 Å². The summed E-state index contributed by atoms with van der Waals surface area (Å²) in [5, 5.41) is 2.96. The van der Waals surface area contributed by atoms with Crippen LogP contribution in [0.3, 0.4) is 0 Å². The summed E-state index contributed by atoms with van der Waals surface area (Å²) in [6, 6.07) is 0. The van der Waals surface area contributed by atoms with Gasteiger partial charge in [-0.2, -0.15) is 0 Å². The van der Waals surface area contributed by atoms with E-state index in [1.807, 2.05) is 0 Å². The summed E-state index contributed by atoms with van der Waals surface area (Å²) in [5.74, 6) is 0. The second-order valence-electron chi connectivity index (χ2n) is 2.08. The Labute approximate surface area is 73.0 Å². The van der Waals surface area contributed by atoms with E-state index in [-0.39, 0.29) is 0 Å². The van der Waals surface area contributed by atoms with E-state index in [0.29, 0.717) is 4.32 Å². The van der Waals surface area contributed by atoms with Gasteiger partial charge in [-0.25, -0.2) is 0 Å². The second-order valence-corrected chi connectivity index (χ2v) is 3.24. The molecule has 0 saturated heterocycles. The van der Waals surface area contributed by atoms with Gasteiger partial charge in [-0.05, 0) is 19.4 Å². The highest BCUT2D eigenvalue weighted by Gasteiger charge is 1.87. The highest BCUT2D eigenvalue weighted by atomic mass is 32.1. The zero-order valence-corrected chi connectivity index (χ0v) is 7.68. The highest BCUT2D eigenvalue weighted by Crippen LogP contribution is 1.91. The minimum Gasteiger partial charge on any atom is -0.371 e. The lowest BCUT2D eigenvalue weighted by atomic mass is 10.2. The minimum absolute atomic E-state index is 0.577. The van der Waals surface area contributed by atoms with E-state index in [0.717, 1.165) is 25.9 Å². The first-order valence-corrected chi connectivity index (χ1v) is 4.29. The molecule has 0 aliphatic heterocycles. The zero-order valence-electron chi connectivity index (χ0n) is 5.97. The van der Waals surface area contributed by atoms with Crippen LogP contribution in [-0.4, -0.2) is 17.4 Å². The first-order valence-electron chi connectivity index (χ1n) is 3.44. The van der Waals surface area contributed by atoms with Gasteiger partial charge in [0.1, 0.15) is 4.32 Å². The van der Waals surface area contributed by atoms with Crippen LogP contribution in [-0.2, 0) is 0 Å². The molecule has 60 valence electrons. The first-order chi connectivity index (χ1) is 4.77. The van der Waals surface area contributed by atoms with Gasteiger partial charge in [0, 0.05) is 6.54 Å². The van der Waals surface area contributed by atoms with Gasteiger partial charge in [0.05, 0.1) is 0 Å². The summed E-state index contributed by atoms with van der Waals surface area (Å²) in [6.45, 7) is 1.70. The van der Waals surface area contributed by atoms with Crippen molar-refractivity contribution in [3.8, 4) is 0 Å². The second kappa shape index (κ2) is 7.31. The minimum atomic E-state index is 0.577. The van der Waals surface area contributed by atoms with Crippen LogP contribution in [0.5, 0.6) is 0 Å². The van der Waals surface area contributed by atoms with Gasteiger partial charge in [-0.15, -0.1) is 12.6 Å². The third-order valence-electron chi connectivity index (χ3n) is 1.16. The fraction of sp³-hybridized carbons (Fsp3) is 0.833. The third kappa shape index (κ3) is 8.20. The van der Waals surface area contributed by atoms with Crippen LogP contribution in [0.15, 0.2) is 0 Å². The van der Waals surface area contributed by atoms with E-state index in [1.54, 1.807) is 0 Å². The van der Waals surface area contributed by atoms with Crippen LogP contribution in [0.2, 0.25) is 0 Å². The molecule has 10 heavy (non-hydrogen) atoms. The molecule has 0 aliphatic carbocycles. The smallest absolute Gasteiger partial charge is 0.130 e. The molecule has 0 bridgehead atoms. The zero-order chi connectivity index (χ0) is 7.82. The topological polar surface area (TPSA) is 38.0 Å². The normalized spacial score (nSPS) is 9.40. The van der Waals surface area contributed by atoms with E-state index in [2.05, 4.69) is 17.9 Å². The van der Waals surface area contributed by atoms with Gasteiger partial charge in [-0.1, -0.05) is 18.6 Å². The highest BCUT2D eigenvalue weighted by molar-refractivity contribution is 8.11. The molecule has 0 aromatic carbocycles. The van der Waals surface area contributed by atoms with Crippen LogP contribution >= 0.6 is 24.8 Å². The van der Waals surface area contributed by atoms with Gasteiger partial charge in [-0.3, -0.25) is 0 Å². The van der Waals surface area contributed by atoms with Gasteiger partial charge in [0.25, 0.3) is 0 Å². The molecule has 3 N–H and O–H groups in total. The van der Waals surface area contributed by atoms with E-state index >= 15 is 0 Å². The quantitative estimate of drug-likeness (QED) is 0.333. The Morgan fingerprint density at radius 3 is 2.60 bits per heavy atom. The van der Waals surface area contributed by atoms with E-state index in [1.165, 1.54) is 6.42 Å². The van der Waals surface area contributed by atoms with Gasteiger partial charge in [0.2, 0.25) is 0 Å². The van der Waals surface area contributed by atoms with Crippen molar-refractivity contribution in [1.29, 1.82) is 0 Å². The third-order valence-corrected chi connectivity index (χ3v) is 1.46. The van der Waals surface area contributed by atoms with Crippen molar-refractivity contribution in [2.45, 2.75) is 19.3 Å². The molecule has 4 heteroatoms. The molecule has 0 amide bonds. The maximum absolute atomic E-state index is 5.31. The fourth-order valence-corrected chi connectivity index (χ4v) is 0.855. The molecule has 0 saturated carbocycles. The number of hydrogen-bond donors (Lipinski definition) is 3. The summed E-state index contributed by atoms with van der Waals surface area (Å²) >= 11 is 8.62. The first kappa shape index (κ1) is 10.2. The molecular weight excluding hydrogens is 164 g/mol. The Morgan fingerprint density at radius 1 is 1.40 bits per heavy atom. The average molecular weight is 178 g/mol. The molecule has 0 unspecified atom stereocenters. The molecule has 0 aliphatic rings. The Bertz CT molecular complexity index is 95.7. The predicted octanol–water partition coefficient (Wildman–Crippen LogP) is 0.920. The molecule has 0 radical (unpaired) electrons. The molecule has 0 aromatic rings. The number of thiocarbonyl (C=S) groups is 1. The molecule has 2 nitrogen and oxygen atoms in total. The molecule has 0 aromatic heterocycles. The maximum atomic E-state index is 5.31. The number of unbranched alkanes of at least 4 members (excludes halogenated alkanes) is 2. The van der Waals surface area contributed by atoms with E-state index in [9.17, 15) is 0 Å². The number of rotatable bonds is 5. The van der Waals surface area contributed by atoms with Gasteiger partial charge >= 0.3 is 0 Å². The van der Waals surface area contributed by atoms with Crippen LogP contribution in [0.1, 0.15) is 19.3 Å². The standard InChI is InChI=1S/C6H14N2S2/c7-4-2-1-3-5-8-6(9)10/h1-5,7H2,(H2,8,9,10). The van der Waals surface area contributed by atoms with E-state index < -0.39 is 0 Å². The van der Waals surface area contributed by atoms with Gasteiger partial charge in [0.15, 0.2) is 0 Å². The Balaban J connectivity index is 2.84. The maximum Gasteiger partial charge on any atom is 0.130 e. The lowest BCUT2D eigenvalue weighted by Gasteiger charge is -2.00. The lowest BCUT2D eigenvalue weighted by molar-refractivity contribution is 0.674. The van der Waals surface area contributed by atoms with Crippen molar-refractivity contribution < 1.29 is 0 Å². The molecule has 0 heterocycles. The summed E-state index contributed by atoms with van der Waals surface area (Å²) in [6.07, 6.45) is 3.39. The van der Waals surface area contributed by atoms with Crippen molar-refractivity contribution in [3.63, 3.8) is 0 Å². The molecule has 0 rings (SSSR count). The van der Waals surface area contributed by atoms with Crippen molar-refractivity contribution in [1.82, 2.24) is 5.32 Å². The Hall–Kier alpha value is 0.200. The van der Waals surface area contributed by atoms with Crippen LogP contribution < -0.4 is 11.1 Å². The Kier molecular flexibility index (Phi) is 7.45. The largest absolute Gasteiger partial charge is 0.371 e. The number of thiol groups is 1. The van der Waals surface area contributed by atoms with Crippen molar-refractivity contribution in [2.24, 2.45) is 5.73 Å². The molecule has 0 fully saturated rings. The summed E-state index contributed by atoms with van der Waals surface area (Å²) in [7, 11) is 0. The number of nitrogens with two attached hydrogens (primary N) is 1. The average Bonchev–Trinajstić information content (AvgIpc) is 1.87. The van der Waals surface area contributed by atoms with Gasteiger partial charge < -0.3 is 11.1 Å². The number of nitrogens with one attached hydrogen (secondary N) is 1. The van der Waals surface area contributed by atoms with Crippen LogP contribution in [0.4, 0.5) is 0 Å². The fourth-order valence-electron chi connectivity index (χ4n) is 0.641. The van der Waals surface area contributed by atoms with Crippen LogP contribution in [0, 0.1) is 0 Å². The summed E-state index contributed by atoms with van der Waals surface area (Å²) < 4.78 is 0.577. The summed E-state index contributed by atoms with van der Waals surface area (Å²) in [5.41, 5.74) is 5.31. The van der Waals surface area contributed by atoms with Crippen molar-refractivity contribution in [2.75, 3.05) is 13.1 Å². The molecule has 0 spiro atoms. The number of hydrogen-bond acceptors (Lipinski definition) is 2. The lowest BCUT2D eigenvalue weighted by Crippen LogP contribution is -2.17. The van der Waals surface area contributed by atoms with Crippen LogP contribution in [0.25, 0.3) is 0 Å². The van der Waals surface area contributed by atoms with E-state index in [4.69, 9.17) is 18.0 Å². The Morgan fingerprint density at radius 2 is 2.10 bits per heavy atom. The molecule has 0 atom stereocenters. The molecular formula is C6H14N2S2. The predicted molar refractivity (Wildman–Crippen MR) is 52.5 cm³/mol. The SMILES string of the molecule is NCCCCCNC(=S)S. The summed E-state index contributed by atoms with van der Waals surface area (Å²) in [4.78, 5) is 0. The monoisotopic (exact) mass is 178 g/mol. The van der Waals surface area contributed by atoms with Crippen molar-refractivity contribution in [3.05, 3.63) is 0 Å².